The molecule has 0 saturated carbocycles. The van der Waals surface area contributed by atoms with Crippen molar-refractivity contribution >= 4 is 29.1 Å². The third-order valence-electron chi connectivity index (χ3n) is 5.01. The van der Waals surface area contributed by atoms with Crippen LogP contribution in [0.2, 0.25) is 10.0 Å². The number of carbonyl (C=O) groups excluding carboxylic acids is 1. The molecule has 1 N–H and O–H groups in total. The Morgan fingerprint density at radius 3 is 2.55 bits per heavy atom. The van der Waals surface area contributed by atoms with Gasteiger partial charge in [-0.3, -0.25) is 4.79 Å². The molecule has 1 amide bonds. The van der Waals surface area contributed by atoms with Crippen LogP contribution in [-0.4, -0.2) is 36.5 Å². The van der Waals surface area contributed by atoms with E-state index in [1.54, 1.807) is 56.9 Å². The number of methoxy groups -OCH3 is 2. The number of aromatic nitrogens is 2. The lowest BCUT2D eigenvalue weighted by atomic mass is 10.1. The highest BCUT2D eigenvalue weighted by Crippen LogP contribution is 2.28. The molecule has 0 aliphatic carbocycles. The smallest absolute Gasteiger partial charge is 0.270 e. The largest absolute Gasteiger partial charge is 0.493 e. The summed E-state index contributed by atoms with van der Waals surface area (Å²) in [5.74, 6) is 1.56. The van der Waals surface area contributed by atoms with E-state index in [1.165, 1.54) is 4.68 Å². The number of ether oxygens (including phenoxy) is 2. The van der Waals surface area contributed by atoms with Gasteiger partial charge in [-0.15, -0.1) is 0 Å². The zero-order valence-electron chi connectivity index (χ0n) is 18.0. The number of nitrogens with zero attached hydrogens (tertiary/aromatic N) is 2. The summed E-state index contributed by atoms with van der Waals surface area (Å²) in [7, 11) is 3.18. The maximum atomic E-state index is 13.1. The second kappa shape index (κ2) is 10.0. The van der Waals surface area contributed by atoms with Crippen molar-refractivity contribution in [1.29, 1.82) is 0 Å². The van der Waals surface area contributed by atoms with Gasteiger partial charge < -0.3 is 19.2 Å². The quantitative estimate of drug-likeness (QED) is 0.360. The van der Waals surface area contributed by atoms with Crippen molar-refractivity contribution in [2.75, 3.05) is 20.8 Å². The lowest BCUT2D eigenvalue weighted by molar-refractivity contribution is 0.0946. The van der Waals surface area contributed by atoms with Crippen molar-refractivity contribution in [1.82, 2.24) is 15.1 Å². The zero-order chi connectivity index (χ0) is 23.4. The van der Waals surface area contributed by atoms with Gasteiger partial charge in [-0.1, -0.05) is 29.3 Å². The minimum atomic E-state index is -0.285. The van der Waals surface area contributed by atoms with Crippen LogP contribution in [0.15, 0.2) is 65.3 Å². The molecule has 33 heavy (non-hydrogen) atoms. The minimum absolute atomic E-state index is 0.285. The number of amides is 1. The molecule has 0 spiro atoms. The second-order valence-electron chi connectivity index (χ2n) is 7.10. The predicted octanol–water partition coefficient (Wildman–Crippen LogP) is 5.43. The van der Waals surface area contributed by atoms with Crippen LogP contribution in [0.5, 0.6) is 11.5 Å². The van der Waals surface area contributed by atoms with Gasteiger partial charge in [0, 0.05) is 12.6 Å². The number of carbonyl (C=O) groups is 1. The molecule has 0 bridgehead atoms. The first-order chi connectivity index (χ1) is 16.0. The average Bonchev–Trinajstić information content (AvgIpc) is 3.51. The summed E-state index contributed by atoms with van der Waals surface area (Å²) >= 11 is 12.2. The Balaban J connectivity index is 1.55. The van der Waals surface area contributed by atoms with Crippen LogP contribution in [0.25, 0.3) is 17.1 Å². The van der Waals surface area contributed by atoms with Gasteiger partial charge in [0.1, 0.15) is 11.4 Å². The third-order valence-corrected chi connectivity index (χ3v) is 5.75. The lowest BCUT2D eigenvalue weighted by Gasteiger charge is -2.11. The molecule has 0 atom stereocenters. The van der Waals surface area contributed by atoms with Gasteiger partial charge in [0.25, 0.3) is 5.91 Å². The highest BCUT2D eigenvalue weighted by atomic mass is 35.5. The number of halogens is 2. The average molecular weight is 486 g/mol. The maximum Gasteiger partial charge on any atom is 0.270 e. The first kappa shape index (κ1) is 22.8. The number of nitrogens with one attached hydrogen (secondary N) is 1. The summed E-state index contributed by atoms with van der Waals surface area (Å²) in [4.78, 5) is 13.1. The molecule has 7 nitrogen and oxygen atoms in total. The number of furan rings is 1. The SMILES string of the molecule is COc1ccc(CCNC(=O)c2cc(-c3ccco3)nn2-c2ccc(Cl)c(Cl)c2)cc1OC. The van der Waals surface area contributed by atoms with Gasteiger partial charge in [0.2, 0.25) is 0 Å². The van der Waals surface area contributed by atoms with E-state index in [0.29, 0.717) is 57.3 Å². The summed E-state index contributed by atoms with van der Waals surface area (Å²) in [5, 5.41) is 8.28. The van der Waals surface area contributed by atoms with Crippen molar-refractivity contribution in [2.24, 2.45) is 0 Å². The fourth-order valence-corrected chi connectivity index (χ4v) is 3.64. The van der Waals surface area contributed by atoms with E-state index in [0.717, 1.165) is 5.56 Å². The zero-order valence-corrected chi connectivity index (χ0v) is 19.5. The third kappa shape index (κ3) is 4.99. The van der Waals surface area contributed by atoms with E-state index in [2.05, 4.69) is 10.4 Å². The molecule has 0 aliphatic heterocycles. The molecule has 0 saturated heterocycles. The number of rotatable bonds is 8. The molecule has 4 aromatic rings. The Labute approximate surface area is 200 Å². The minimum Gasteiger partial charge on any atom is -0.493 e. The van der Waals surface area contributed by atoms with Crippen molar-refractivity contribution in [3.05, 3.63) is 82.2 Å². The highest BCUT2D eigenvalue weighted by molar-refractivity contribution is 6.42. The fraction of sp³-hybridized carbons (Fsp3) is 0.167. The summed E-state index contributed by atoms with van der Waals surface area (Å²) in [6, 6.07) is 15.9. The summed E-state index contributed by atoms with van der Waals surface area (Å²) in [6.45, 7) is 0.414. The Bertz CT molecular complexity index is 1270. The molecule has 2 aromatic carbocycles. The first-order valence-corrected chi connectivity index (χ1v) is 10.8. The Morgan fingerprint density at radius 2 is 1.85 bits per heavy atom. The number of benzene rings is 2. The van der Waals surface area contributed by atoms with Gasteiger partial charge >= 0.3 is 0 Å². The predicted molar refractivity (Wildman–Crippen MR) is 127 cm³/mol. The van der Waals surface area contributed by atoms with Gasteiger partial charge in [-0.2, -0.15) is 5.10 Å². The second-order valence-corrected chi connectivity index (χ2v) is 7.91. The molecule has 4 rings (SSSR count). The Hall–Kier alpha value is -3.42. The first-order valence-electron chi connectivity index (χ1n) is 10.1. The molecular weight excluding hydrogens is 465 g/mol. The van der Waals surface area contributed by atoms with Gasteiger partial charge in [-0.05, 0) is 54.4 Å². The highest BCUT2D eigenvalue weighted by Gasteiger charge is 2.19. The molecule has 2 aromatic heterocycles. The summed E-state index contributed by atoms with van der Waals surface area (Å²) < 4.78 is 17.6. The van der Waals surface area contributed by atoms with Crippen LogP contribution in [-0.2, 0) is 6.42 Å². The number of hydrogen-bond donors (Lipinski definition) is 1. The van der Waals surface area contributed by atoms with Crippen LogP contribution in [0, 0.1) is 0 Å². The van der Waals surface area contributed by atoms with Crippen molar-refractivity contribution < 1.29 is 18.7 Å². The van der Waals surface area contributed by atoms with Crippen molar-refractivity contribution in [3.8, 4) is 28.6 Å². The molecule has 0 radical (unpaired) electrons. The van der Waals surface area contributed by atoms with Gasteiger partial charge in [-0.25, -0.2) is 4.68 Å². The number of hydrogen-bond acceptors (Lipinski definition) is 5. The molecule has 2 heterocycles. The van der Waals surface area contributed by atoms with E-state index < -0.39 is 0 Å². The van der Waals surface area contributed by atoms with E-state index in [1.807, 2.05) is 18.2 Å². The van der Waals surface area contributed by atoms with E-state index in [4.69, 9.17) is 37.1 Å². The van der Waals surface area contributed by atoms with Crippen LogP contribution in [0.1, 0.15) is 16.1 Å². The van der Waals surface area contributed by atoms with E-state index in [9.17, 15) is 4.79 Å². The van der Waals surface area contributed by atoms with E-state index in [-0.39, 0.29) is 5.91 Å². The molecule has 0 unspecified atom stereocenters. The van der Waals surface area contributed by atoms with Crippen LogP contribution in [0.3, 0.4) is 0 Å². The molecule has 0 fully saturated rings. The Kier molecular flexibility index (Phi) is 6.91. The Morgan fingerprint density at radius 1 is 1.03 bits per heavy atom. The molecule has 9 heteroatoms. The fourth-order valence-electron chi connectivity index (χ4n) is 3.35. The van der Waals surface area contributed by atoms with Crippen molar-refractivity contribution in [2.45, 2.75) is 6.42 Å². The van der Waals surface area contributed by atoms with Gasteiger partial charge in [0.05, 0.1) is 36.2 Å². The van der Waals surface area contributed by atoms with Crippen LogP contribution in [0.4, 0.5) is 0 Å². The maximum absolute atomic E-state index is 13.1. The standard InChI is InChI=1S/C24H21Cl2N3O4/c1-31-22-8-5-15(12-23(22)32-2)9-10-27-24(30)20-14-19(21-4-3-11-33-21)28-29(20)16-6-7-17(25)18(26)13-16/h3-8,11-14H,9-10H2,1-2H3,(H,27,30). The van der Waals surface area contributed by atoms with Gasteiger partial charge in [0.15, 0.2) is 17.3 Å². The monoisotopic (exact) mass is 485 g/mol. The molecule has 170 valence electrons. The van der Waals surface area contributed by atoms with Crippen LogP contribution < -0.4 is 14.8 Å². The van der Waals surface area contributed by atoms with Crippen molar-refractivity contribution in [3.63, 3.8) is 0 Å². The molecular formula is C24H21Cl2N3O4. The topological polar surface area (TPSA) is 78.5 Å². The summed E-state index contributed by atoms with van der Waals surface area (Å²) in [6.07, 6.45) is 2.16. The lowest BCUT2D eigenvalue weighted by Crippen LogP contribution is -2.27. The molecule has 0 aliphatic rings. The summed E-state index contributed by atoms with van der Waals surface area (Å²) in [5.41, 5.74) is 2.47. The van der Waals surface area contributed by atoms with Crippen LogP contribution >= 0.6 is 23.2 Å². The van der Waals surface area contributed by atoms with E-state index >= 15 is 0 Å². The normalized spacial score (nSPS) is 10.8.